The van der Waals surface area contributed by atoms with E-state index in [0.29, 0.717) is 29.5 Å². The quantitative estimate of drug-likeness (QED) is 0.255. The summed E-state index contributed by atoms with van der Waals surface area (Å²) in [6, 6.07) is 13.3. The molecular weight excluding hydrogens is 514 g/mol. The molecule has 1 fully saturated rings. The van der Waals surface area contributed by atoms with Gasteiger partial charge in [0.25, 0.3) is 5.91 Å². The molecule has 8 heteroatoms. The average Bonchev–Trinajstić information content (AvgIpc) is 3.31. The van der Waals surface area contributed by atoms with E-state index in [1.807, 2.05) is 35.2 Å². The van der Waals surface area contributed by atoms with E-state index in [2.05, 4.69) is 42.5 Å². The number of aryl methyl sites for hydroxylation is 1. The number of anilines is 1. The summed E-state index contributed by atoms with van der Waals surface area (Å²) in [5.41, 5.74) is 4.14. The number of aromatic nitrogens is 2. The van der Waals surface area contributed by atoms with Crippen molar-refractivity contribution in [1.29, 1.82) is 0 Å². The van der Waals surface area contributed by atoms with Crippen LogP contribution in [0.4, 0.5) is 5.95 Å². The second kappa shape index (κ2) is 14.5. The van der Waals surface area contributed by atoms with Gasteiger partial charge in [-0.2, -0.15) is 0 Å². The minimum absolute atomic E-state index is 0.0792. The number of hydrogen-bond donors (Lipinski definition) is 1. The van der Waals surface area contributed by atoms with Gasteiger partial charge in [-0.1, -0.05) is 46.2 Å². The minimum Gasteiger partial charge on any atom is -0.465 e. The highest BCUT2D eigenvalue weighted by Crippen LogP contribution is 2.24. The predicted octanol–water partition coefficient (Wildman–Crippen LogP) is 6.07. The summed E-state index contributed by atoms with van der Waals surface area (Å²) in [7, 11) is 1.39. The molecule has 0 saturated carbocycles. The summed E-state index contributed by atoms with van der Waals surface area (Å²) in [5.74, 6) is 1.33. The normalized spacial score (nSPS) is 14.1. The molecule has 0 radical (unpaired) electrons. The zero-order valence-corrected chi connectivity index (χ0v) is 25.5. The number of nitrogens with one attached hydrogen (secondary N) is 1. The summed E-state index contributed by atoms with van der Waals surface area (Å²) in [4.78, 5) is 34.9. The fourth-order valence-corrected chi connectivity index (χ4v) is 5.61. The van der Waals surface area contributed by atoms with Gasteiger partial charge < -0.3 is 24.4 Å². The molecule has 222 valence electrons. The molecule has 3 aromatic rings. The van der Waals surface area contributed by atoms with Crippen LogP contribution in [0.15, 0.2) is 42.5 Å². The van der Waals surface area contributed by atoms with Gasteiger partial charge >= 0.3 is 5.97 Å². The van der Waals surface area contributed by atoms with Crippen molar-refractivity contribution in [2.24, 2.45) is 11.8 Å². The lowest BCUT2D eigenvalue weighted by Gasteiger charge is -2.27. The molecule has 0 spiro atoms. The molecule has 1 amide bonds. The Hall–Kier alpha value is -3.39. The number of nitrogens with zero attached hydrogens (tertiary/aromatic N) is 4. The Bertz CT molecular complexity index is 1280. The van der Waals surface area contributed by atoms with Crippen molar-refractivity contribution >= 4 is 28.9 Å². The molecule has 0 aliphatic carbocycles. The van der Waals surface area contributed by atoms with Crippen molar-refractivity contribution in [2.45, 2.75) is 66.5 Å². The molecule has 1 aliphatic rings. The average molecular weight is 562 g/mol. The number of ether oxygens (including phenoxy) is 1. The van der Waals surface area contributed by atoms with Crippen molar-refractivity contribution < 1.29 is 14.3 Å². The Morgan fingerprint density at radius 3 is 2.22 bits per heavy atom. The van der Waals surface area contributed by atoms with E-state index >= 15 is 0 Å². The first kappa shape index (κ1) is 30.6. The van der Waals surface area contributed by atoms with Crippen molar-refractivity contribution in [3.8, 4) is 0 Å². The van der Waals surface area contributed by atoms with Gasteiger partial charge in [0.15, 0.2) is 0 Å². The predicted molar refractivity (Wildman–Crippen MR) is 165 cm³/mol. The highest BCUT2D eigenvalue weighted by molar-refractivity contribution is 5.98. The monoisotopic (exact) mass is 561 g/mol. The maximum atomic E-state index is 13.6. The first-order valence-electron chi connectivity index (χ1n) is 15.2. The molecule has 8 nitrogen and oxygen atoms in total. The second-order valence-electron chi connectivity index (χ2n) is 12.1. The van der Waals surface area contributed by atoms with E-state index in [-0.39, 0.29) is 11.9 Å². The Kier molecular flexibility index (Phi) is 10.8. The highest BCUT2D eigenvalue weighted by atomic mass is 16.5. The van der Waals surface area contributed by atoms with Gasteiger partial charge in [0.05, 0.1) is 23.7 Å². The molecule has 0 atom stereocenters. The van der Waals surface area contributed by atoms with E-state index in [1.54, 1.807) is 12.1 Å². The first-order chi connectivity index (χ1) is 19.7. The first-order valence-corrected chi connectivity index (χ1v) is 15.2. The second-order valence-corrected chi connectivity index (χ2v) is 12.1. The van der Waals surface area contributed by atoms with Crippen molar-refractivity contribution in [3.05, 3.63) is 59.2 Å². The van der Waals surface area contributed by atoms with E-state index < -0.39 is 0 Å². The van der Waals surface area contributed by atoms with Crippen molar-refractivity contribution in [3.63, 3.8) is 0 Å². The Balaban J connectivity index is 1.58. The summed E-state index contributed by atoms with van der Waals surface area (Å²) in [6.07, 6.45) is 4.91. The van der Waals surface area contributed by atoms with Crippen LogP contribution in [0.2, 0.25) is 0 Å². The number of esters is 1. The largest absolute Gasteiger partial charge is 0.465 e. The third-order valence-corrected chi connectivity index (χ3v) is 7.58. The third-order valence-electron chi connectivity index (χ3n) is 7.58. The van der Waals surface area contributed by atoms with Crippen LogP contribution in [0.25, 0.3) is 11.0 Å². The molecule has 2 heterocycles. The lowest BCUT2D eigenvalue weighted by atomic mass is 10.1. The number of fused-ring (bicyclic) bond motifs is 1. The van der Waals surface area contributed by atoms with Gasteiger partial charge in [0, 0.05) is 31.7 Å². The number of amides is 1. The summed E-state index contributed by atoms with van der Waals surface area (Å²) in [6.45, 7) is 14.9. The summed E-state index contributed by atoms with van der Waals surface area (Å²) in [5, 5.41) is 3.52. The molecule has 1 aromatic heterocycles. The SMILES string of the molecule is COC(=O)c1ccc(CNc2nc3ccc(C(=O)N(CC(C)C)CC(C)C)cc3n2CCCN2CCCCC2)cc1. The van der Waals surface area contributed by atoms with Crippen LogP contribution in [0.3, 0.4) is 0 Å². The number of piperidine rings is 1. The molecule has 0 unspecified atom stereocenters. The minimum atomic E-state index is -0.342. The maximum Gasteiger partial charge on any atom is 0.337 e. The van der Waals surface area contributed by atoms with Crippen LogP contribution < -0.4 is 5.32 Å². The van der Waals surface area contributed by atoms with Gasteiger partial charge in [-0.15, -0.1) is 0 Å². The van der Waals surface area contributed by atoms with Gasteiger partial charge in [-0.25, -0.2) is 9.78 Å². The van der Waals surface area contributed by atoms with Crippen LogP contribution in [-0.4, -0.2) is 71.1 Å². The van der Waals surface area contributed by atoms with Crippen LogP contribution in [0.1, 0.15) is 79.7 Å². The van der Waals surface area contributed by atoms with E-state index in [0.717, 1.165) is 55.1 Å². The van der Waals surface area contributed by atoms with Crippen LogP contribution in [0.5, 0.6) is 0 Å². The van der Waals surface area contributed by atoms with Gasteiger partial charge in [-0.3, -0.25) is 4.79 Å². The van der Waals surface area contributed by atoms with Gasteiger partial charge in [0.2, 0.25) is 5.95 Å². The van der Waals surface area contributed by atoms with Gasteiger partial charge in [-0.05, 0) is 86.6 Å². The zero-order chi connectivity index (χ0) is 29.4. The van der Waals surface area contributed by atoms with Gasteiger partial charge in [0.1, 0.15) is 0 Å². The number of carbonyl (C=O) groups is 2. The molecule has 1 saturated heterocycles. The fourth-order valence-electron chi connectivity index (χ4n) is 5.61. The van der Waals surface area contributed by atoms with E-state index in [1.165, 1.54) is 39.5 Å². The van der Waals surface area contributed by atoms with E-state index in [4.69, 9.17) is 9.72 Å². The summed E-state index contributed by atoms with van der Waals surface area (Å²) < 4.78 is 7.05. The topological polar surface area (TPSA) is 79.7 Å². The smallest absolute Gasteiger partial charge is 0.337 e. The zero-order valence-electron chi connectivity index (χ0n) is 25.5. The van der Waals surface area contributed by atoms with Crippen LogP contribution >= 0.6 is 0 Å². The third kappa shape index (κ3) is 8.32. The number of hydrogen-bond acceptors (Lipinski definition) is 6. The van der Waals surface area contributed by atoms with Crippen molar-refractivity contribution in [2.75, 3.05) is 45.2 Å². The molecule has 1 aliphatic heterocycles. The Morgan fingerprint density at radius 2 is 1.59 bits per heavy atom. The van der Waals surface area contributed by atoms with Crippen LogP contribution in [-0.2, 0) is 17.8 Å². The lowest BCUT2D eigenvalue weighted by Crippen LogP contribution is -2.37. The lowest BCUT2D eigenvalue weighted by molar-refractivity contribution is 0.0600. The molecule has 4 rings (SSSR count). The molecule has 41 heavy (non-hydrogen) atoms. The standard InChI is InChI=1S/C33H47N5O3/c1-24(2)22-37(23-25(3)4)31(39)28-14-15-29-30(20-28)38(19-9-18-36-16-7-6-8-17-36)33(35-29)34-21-26-10-12-27(13-11-26)32(40)41-5/h10-15,20,24-25H,6-9,16-19,21-23H2,1-5H3,(H,34,35). The fraction of sp³-hybridized carbons (Fsp3) is 0.545. The summed E-state index contributed by atoms with van der Waals surface area (Å²) >= 11 is 0. The number of methoxy groups -OCH3 is 1. The maximum absolute atomic E-state index is 13.6. The number of imidazole rings is 1. The number of rotatable bonds is 13. The number of carbonyl (C=O) groups excluding carboxylic acids is 2. The molecule has 0 bridgehead atoms. The molecule has 2 aromatic carbocycles. The number of benzene rings is 2. The van der Waals surface area contributed by atoms with Crippen LogP contribution in [0, 0.1) is 11.8 Å². The highest BCUT2D eigenvalue weighted by Gasteiger charge is 2.20. The molecular formula is C33H47N5O3. The Labute approximate surface area is 245 Å². The van der Waals surface area contributed by atoms with E-state index in [9.17, 15) is 9.59 Å². The molecule has 1 N–H and O–H groups in total. The Morgan fingerprint density at radius 1 is 0.927 bits per heavy atom. The number of likely N-dealkylation sites (tertiary alicyclic amines) is 1. The van der Waals surface area contributed by atoms with Crippen molar-refractivity contribution in [1.82, 2.24) is 19.4 Å².